The van der Waals surface area contributed by atoms with Gasteiger partial charge < -0.3 is 5.11 Å². The molecule has 1 aliphatic heterocycles. The second-order valence-corrected chi connectivity index (χ2v) is 4.92. The number of benzene rings is 1. The molecular formula is C11H9F3O2S. The number of fused-ring (bicyclic) bond motifs is 1. The van der Waals surface area contributed by atoms with Gasteiger partial charge in [-0.3, -0.25) is 4.79 Å². The van der Waals surface area contributed by atoms with Crippen molar-refractivity contribution in [2.24, 2.45) is 0 Å². The summed E-state index contributed by atoms with van der Waals surface area (Å²) in [6.45, 7) is 0. The van der Waals surface area contributed by atoms with E-state index in [9.17, 15) is 18.0 Å². The predicted octanol–water partition coefficient (Wildman–Crippen LogP) is 3.37. The van der Waals surface area contributed by atoms with Crippen LogP contribution in [0.3, 0.4) is 0 Å². The van der Waals surface area contributed by atoms with Crippen LogP contribution in [0.5, 0.6) is 0 Å². The molecule has 1 heterocycles. The van der Waals surface area contributed by atoms with Gasteiger partial charge in [0.05, 0.1) is 12.0 Å². The van der Waals surface area contributed by atoms with Crippen LogP contribution in [-0.4, -0.2) is 16.8 Å². The number of thioether (sulfide) groups is 1. The molecule has 0 aliphatic carbocycles. The Hall–Kier alpha value is -1.17. The number of aliphatic carboxylic acids is 1. The molecule has 2 nitrogen and oxygen atoms in total. The average Bonchev–Trinajstić information content (AvgIpc) is 2.59. The normalized spacial score (nSPS) is 19.1. The second kappa shape index (κ2) is 4.25. The van der Waals surface area contributed by atoms with Crippen LogP contribution in [0.25, 0.3) is 0 Å². The van der Waals surface area contributed by atoms with Crippen LogP contribution in [0.4, 0.5) is 13.2 Å². The lowest BCUT2D eigenvalue weighted by molar-refractivity contribution is -0.138. The Bertz CT molecular complexity index is 457. The van der Waals surface area contributed by atoms with E-state index < -0.39 is 17.7 Å². The molecule has 0 bridgehead atoms. The maximum Gasteiger partial charge on any atom is 0.416 e. The van der Waals surface area contributed by atoms with Crippen molar-refractivity contribution in [3.63, 3.8) is 0 Å². The van der Waals surface area contributed by atoms with Crippen molar-refractivity contribution in [3.8, 4) is 0 Å². The van der Waals surface area contributed by atoms with Gasteiger partial charge in [0.2, 0.25) is 0 Å². The quantitative estimate of drug-likeness (QED) is 0.887. The maximum atomic E-state index is 12.5. The second-order valence-electron chi connectivity index (χ2n) is 3.86. The van der Waals surface area contributed by atoms with Crippen molar-refractivity contribution in [1.82, 2.24) is 0 Å². The number of carboxylic acids is 1. The van der Waals surface area contributed by atoms with Gasteiger partial charge >= 0.3 is 12.1 Å². The van der Waals surface area contributed by atoms with Crippen LogP contribution in [0.15, 0.2) is 23.1 Å². The molecule has 0 spiro atoms. The third-order valence-electron chi connectivity index (χ3n) is 2.64. The van der Waals surface area contributed by atoms with E-state index in [1.165, 1.54) is 17.8 Å². The highest BCUT2D eigenvalue weighted by Gasteiger charge is 2.33. The molecule has 0 radical (unpaired) electrons. The summed E-state index contributed by atoms with van der Waals surface area (Å²) in [7, 11) is 0. The highest BCUT2D eigenvalue weighted by Crippen LogP contribution is 2.43. The number of rotatable bonds is 2. The summed E-state index contributed by atoms with van der Waals surface area (Å²) < 4.78 is 37.6. The molecule has 1 atom stereocenters. The summed E-state index contributed by atoms with van der Waals surface area (Å²) in [5.41, 5.74) is -0.207. The molecule has 0 saturated carbocycles. The average molecular weight is 262 g/mol. The third-order valence-corrected chi connectivity index (χ3v) is 3.89. The van der Waals surface area contributed by atoms with Gasteiger partial charge in [0.25, 0.3) is 0 Å². The molecule has 6 heteroatoms. The molecular weight excluding hydrogens is 253 g/mol. The zero-order valence-corrected chi connectivity index (χ0v) is 9.44. The summed E-state index contributed by atoms with van der Waals surface area (Å²) in [6.07, 6.45) is -4.50. The summed E-state index contributed by atoms with van der Waals surface area (Å²) in [5, 5.41) is 8.70. The SMILES string of the molecule is O=C(O)CC1CSc2ccc(C(F)(F)F)cc21. The molecule has 0 fully saturated rings. The molecule has 2 rings (SSSR count). The van der Waals surface area contributed by atoms with Crippen molar-refractivity contribution in [3.05, 3.63) is 29.3 Å². The molecule has 1 aromatic carbocycles. The Morgan fingerprint density at radius 2 is 2.18 bits per heavy atom. The smallest absolute Gasteiger partial charge is 0.416 e. The van der Waals surface area contributed by atoms with Crippen LogP contribution in [0, 0.1) is 0 Å². The van der Waals surface area contributed by atoms with E-state index in [0.717, 1.165) is 17.0 Å². The molecule has 0 aromatic heterocycles. The molecule has 1 aliphatic rings. The standard InChI is InChI=1S/C11H9F3O2S/c12-11(13,14)7-1-2-9-8(4-7)6(5-17-9)3-10(15)16/h1-2,4,6H,3,5H2,(H,15,16). The van der Waals surface area contributed by atoms with Crippen LogP contribution < -0.4 is 0 Å². The first-order valence-electron chi connectivity index (χ1n) is 4.93. The Kier molecular flexibility index (Phi) is 3.07. The fourth-order valence-corrected chi connectivity index (χ4v) is 3.07. The minimum atomic E-state index is -4.38. The summed E-state index contributed by atoms with van der Waals surface area (Å²) in [4.78, 5) is 11.4. The van der Waals surface area contributed by atoms with Gasteiger partial charge in [0.1, 0.15) is 0 Å². The van der Waals surface area contributed by atoms with Crippen molar-refractivity contribution >= 4 is 17.7 Å². The van der Waals surface area contributed by atoms with Crippen LogP contribution >= 0.6 is 11.8 Å². The van der Waals surface area contributed by atoms with Crippen molar-refractivity contribution < 1.29 is 23.1 Å². The molecule has 1 unspecified atom stereocenters. The monoisotopic (exact) mass is 262 g/mol. The first-order valence-corrected chi connectivity index (χ1v) is 5.92. The molecule has 17 heavy (non-hydrogen) atoms. The minimum absolute atomic E-state index is 0.124. The molecule has 1 aromatic rings. The van der Waals surface area contributed by atoms with Crippen LogP contribution in [0.1, 0.15) is 23.5 Å². The topological polar surface area (TPSA) is 37.3 Å². The number of carbonyl (C=O) groups is 1. The Labute approximate surface area is 99.8 Å². The van der Waals surface area contributed by atoms with E-state index in [2.05, 4.69) is 0 Å². The van der Waals surface area contributed by atoms with E-state index >= 15 is 0 Å². The third kappa shape index (κ3) is 2.57. The van der Waals surface area contributed by atoms with E-state index in [-0.39, 0.29) is 12.3 Å². The molecule has 1 N–H and O–H groups in total. The Balaban J connectivity index is 2.34. The van der Waals surface area contributed by atoms with Crippen molar-refractivity contribution in [1.29, 1.82) is 0 Å². The van der Waals surface area contributed by atoms with E-state index in [0.29, 0.717) is 11.3 Å². The summed E-state index contributed by atoms with van der Waals surface area (Å²) in [6, 6.07) is 3.53. The van der Waals surface area contributed by atoms with Crippen LogP contribution in [0.2, 0.25) is 0 Å². The number of halogens is 3. The van der Waals surface area contributed by atoms with E-state index in [1.54, 1.807) is 0 Å². The van der Waals surface area contributed by atoms with Crippen molar-refractivity contribution in [2.75, 3.05) is 5.75 Å². The zero-order valence-electron chi connectivity index (χ0n) is 8.62. The Morgan fingerprint density at radius 1 is 1.47 bits per heavy atom. The van der Waals surface area contributed by atoms with Gasteiger partial charge in [-0.05, 0) is 23.8 Å². The van der Waals surface area contributed by atoms with Gasteiger partial charge in [-0.25, -0.2) is 0 Å². The fraction of sp³-hybridized carbons (Fsp3) is 0.364. The lowest BCUT2D eigenvalue weighted by Gasteiger charge is -2.11. The maximum absolute atomic E-state index is 12.5. The highest BCUT2D eigenvalue weighted by atomic mass is 32.2. The van der Waals surface area contributed by atoms with Gasteiger partial charge in [0, 0.05) is 16.6 Å². The van der Waals surface area contributed by atoms with Crippen molar-refractivity contribution in [2.45, 2.75) is 23.4 Å². The number of hydrogen-bond donors (Lipinski definition) is 1. The first kappa shape index (κ1) is 12.3. The van der Waals surface area contributed by atoms with Crippen LogP contribution in [-0.2, 0) is 11.0 Å². The molecule has 0 amide bonds. The Morgan fingerprint density at radius 3 is 2.76 bits per heavy atom. The number of alkyl halides is 3. The molecule has 92 valence electrons. The van der Waals surface area contributed by atoms with Gasteiger partial charge in [-0.1, -0.05) is 0 Å². The van der Waals surface area contributed by atoms with Gasteiger partial charge in [0.15, 0.2) is 0 Å². The summed E-state index contributed by atoms with van der Waals surface area (Å²) in [5.74, 6) is -0.779. The van der Waals surface area contributed by atoms with Gasteiger partial charge in [-0.15, -0.1) is 11.8 Å². The zero-order chi connectivity index (χ0) is 12.6. The van der Waals surface area contributed by atoms with Gasteiger partial charge in [-0.2, -0.15) is 13.2 Å². The predicted molar refractivity (Wildman–Crippen MR) is 57.2 cm³/mol. The molecule has 0 saturated heterocycles. The lowest BCUT2D eigenvalue weighted by Crippen LogP contribution is -2.08. The highest BCUT2D eigenvalue weighted by molar-refractivity contribution is 7.99. The number of carboxylic acid groups (broad SMARTS) is 1. The fourth-order valence-electron chi connectivity index (χ4n) is 1.84. The number of hydrogen-bond acceptors (Lipinski definition) is 2. The lowest BCUT2D eigenvalue weighted by atomic mass is 9.96. The van der Waals surface area contributed by atoms with E-state index in [1.807, 2.05) is 0 Å². The minimum Gasteiger partial charge on any atom is -0.481 e. The van der Waals surface area contributed by atoms with E-state index in [4.69, 9.17) is 5.11 Å². The summed E-state index contributed by atoms with van der Waals surface area (Å²) >= 11 is 1.41. The first-order chi connectivity index (χ1) is 7.88. The largest absolute Gasteiger partial charge is 0.481 e.